The minimum absolute atomic E-state index is 0.611. The fourth-order valence-corrected chi connectivity index (χ4v) is 12.1. The third-order valence-electron chi connectivity index (χ3n) is 9.20. The predicted octanol–water partition coefficient (Wildman–Crippen LogP) is 9.73. The molecule has 6 aromatic carbocycles. The lowest BCUT2D eigenvalue weighted by Crippen LogP contribution is -2.56. The smallest absolute Gasteiger partial charge is 0.164 e. The molecular formula is C41H29N3OSSi. The van der Waals surface area contributed by atoms with E-state index in [1.54, 1.807) is 0 Å². The monoisotopic (exact) mass is 639 g/mol. The first-order valence-electron chi connectivity index (χ1n) is 15.8. The van der Waals surface area contributed by atoms with Crippen molar-refractivity contribution in [3.05, 3.63) is 140 Å². The van der Waals surface area contributed by atoms with Crippen molar-refractivity contribution >= 4 is 52.1 Å². The highest BCUT2D eigenvalue weighted by Crippen LogP contribution is 2.38. The van der Waals surface area contributed by atoms with E-state index in [-0.39, 0.29) is 0 Å². The van der Waals surface area contributed by atoms with Crippen molar-refractivity contribution in [3.63, 3.8) is 0 Å². The van der Waals surface area contributed by atoms with Crippen LogP contribution < -0.4 is 10.4 Å². The number of rotatable bonds is 4. The van der Waals surface area contributed by atoms with Crippen molar-refractivity contribution in [1.82, 2.24) is 15.0 Å². The van der Waals surface area contributed by atoms with E-state index >= 15 is 0 Å². The fraction of sp³-hybridized carbons (Fsp3) is 0.0488. The molecule has 0 amide bonds. The molecule has 0 bridgehead atoms. The Balaban J connectivity index is 1.12. The molecule has 47 heavy (non-hydrogen) atoms. The second-order valence-corrected chi connectivity index (χ2v) is 17.9. The molecule has 224 valence electrons. The Labute approximate surface area is 278 Å². The zero-order valence-electron chi connectivity index (χ0n) is 25.9. The average molecular weight is 640 g/mol. The Hall–Kier alpha value is -5.30. The largest absolute Gasteiger partial charge is 0.456 e. The fourth-order valence-electron chi connectivity index (χ4n) is 6.67. The summed E-state index contributed by atoms with van der Waals surface area (Å²) in [4.78, 5) is 17.4. The van der Waals surface area contributed by atoms with Crippen LogP contribution in [0.2, 0.25) is 13.1 Å². The minimum atomic E-state index is -1.75. The summed E-state index contributed by atoms with van der Waals surface area (Å²) in [5.41, 5.74) is 6.85. The van der Waals surface area contributed by atoms with Crippen LogP contribution in [-0.4, -0.2) is 23.0 Å². The van der Waals surface area contributed by atoms with E-state index in [0.717, 1.165) is 38.6 Å². The molecule has 0 saturated heterocycles. The minimum Gasteiger partial charge on any atom is -0.456 e. The quantitative estimate of drug-likeness (QED) is 0.180. The topological polar surface area (TPSA) is 51.8 Å². The highest BCUT2D eigenvalue weighted by molar-refractivity contribution is 8.00. The van der Waals surface area contributed by atoms with Crippen LogP contribution in [0.4, 0.5) is 0 Å². The number of benzene rings is 6. The summed E-state index contributed by atoms with van der Waals surface area (Å²) in [6.07, 6.45) is 0. The lowest BCUT2D eigenvalue weighted by atomic mass is 10.0. The second-order valence-electron chi connectivity index (χ2n) is 12.5. The molecule has 9 rings (SSSR count). The van der Waals surface area contributed by atoms with Gasteiger partial charge in [-0.15, -0.1) is 0 Å². The van der Waals surface area contributed by atoms with Crippen LogP contribution in [0.1, 0.15) is 0 Å². The van der Waals surface area contributed by atoms with E-state index in [4.69, 9.17) is 19.4 Å². The molecule has 1 aliphatic heterocycles. The van der Waals surface area contributed by atoms with E-state index in [1.165, 1.54) is 31.3 Å². The van der Waals surface area contributed by atoms with Crippen LogP contribution in [0.5, 0.6) is 0 Å². The SMILES string of the molecule is C[Si]1(C)c2ccccc2Sc2cc(-c3ccc4oc5cc(-c6nc(-c7ccccc7)nc(-c7ccccc7)n6)ccc5c4c3)ccc21. The third-order valence-corrected chi connectivity index (χ3v) is 14.3. The summed E-state index contributed by atoms with van der Waals surface area (Å²) in [6.45, 7) is 4.92. The molecule has 4 nitrogen and oxygen atoms in total. The Kier molecular flexibility index (Phi) is 6.49. The zero-order valence-corrected chi connectivity index (χ0v) is 27.8. The summed E-state index contributed by atoms with van der Waals surface area (Å²) < 4.78 is 6.42. The van der Waals surface area contributed by atoms with E-state index < -0.39 is 8.07 Å². The number of nitrogens with zero attached hydrogens (tertiary/aromatic N) is 3. The molecule has 0 saturated carbocycles. The number of hydrogen-bond donors (Lipinski definition) is 0. The van der Waals surface area contributed by atoms with Gasteiger partial charge in [-0.05, 0) is 57.9 Å². The van der Waals surface area contributed by atoms with Crippen LogP contribution in [0.3, 0.4) is 0 Å². The lowest BCUT2D eigenvalue weighted by molar-refractivity contribution is 0.669. The normalized spacial score (nSPS) is 13.4. The molecule has 6 heteroatoms. The van der Waals surface area contributed by atoms with Crippen molar-refractivity contribution < 1.29 is 4.42 Å². The number of fused-ring (bicyclic) bond motifs is 5. The van der Waals surface area contributed by atoms with Crippen molar-refractivity contribution in [2.24, 2.45) is 0 Å². The molecule has 0 radical (unpaired) electrons. The Morgan fingerprint density at radius 1 is 0.447 bits per heavy atom. The Bertz CT molecular complexity index is 2420. The highest BCUT2D eigenvalue weighted by atomic mass is 32.2. The Morgan fingerprint density at radius 3 is 1.74 bits per heavy atom. The molecule has 3 heterocycles. The molecule has 0 aliphatic carbocycles. The van der Waals surface area contributed by atoms with Gasteiger partial charge in [0.2, 0.25) is 0 Å². The molecule has 2 aromatic heterocycles. The molecular weight excluding hydrogens is 611 g/mol. The van der Waals surface area contributed by atoms with Gasteiger partial charge in [0, 0.05) is 37.3 Å². The van der Waals surface area contributed by atoms with E-state index in [9.17, 15) is 0 Å². The van der Waals surface area contributed by atoms with Gasteiger partial charge in [-0.3, -0.25) is 0 Å². The van der Waals surface area contributed by atoms with E-state index in [0.29, 0.717) is 17.5 Å². The lowest BCUT2D eigenvalue weighted by Gasteiger charge is -2.33. The third kappa shape index (κ3) is 4.80. The molecule has 0 fully saturated rings. The van der Waals surface area contributed by atoms with Crippen molar-refractivity contribution in [3.8, 4) is 45.3 Å². The van der Waals surface area contributed by atoms with Gasteiger partial charge in [-0.1, -0.05) is 128 Å². The van der Waals surface area contributed by atoms with Gasteiger partial charge in [-0.2, -0.15) is 0 Å². The molecule has 0 unspecified atom stereocenters. The maximum atomic E-state index is 6.42. The summed E-state index contributed by atoms with van der Waals surface area (Å²) in [5.74, 6) is 1.89. The molecule has 8 aromatic rings. The van der Waals surface area contributed by atoms with Crippen LogP contribution in [0.15, 0.2) is 154 Å². The first kappa shape index (κ1) is 28.0. The second kappa shape index (κ2) is 10.9. The van der Waals surface area contributed by atoms with Crippen LogP contribution in [0.25, 0.3) is 67.2 Å². The van der Waals surface area contributed by atoms with Crippen LogP contribution in [-0.2, 0) is 0 Å². The Morgan fingerprint density at radius 2 is 1.02 bits per heavy atom. The standard InChI is InChI=1S/C41H29N3OSSi/c1-47(2)37-16-10-9-15-35(37)46-36-25-29(19-22-38(36)47)28-18-21-33-32(23-28)31-20-17-30(24-34(31)45-33)41-43-39(26-11-5-3-6-12-26)42-40(44-41)27-13-7-4-8-14-27/h3-25H,1-2H3. The highest BCUT2D eigenvalue weighted by Gasteiger charge is 2.35. The first-order valence-corrected chi connectivity index (χ1v) is 19.6. The predicted molar refractivity (Wildman–Crippen MR) is 196 cm³/mol. The van der Waals surface area contributed by atoms with Gasteiger partial charge >= 0.3 is 0 Å². The van der Waals surface area contributed by atoms with Crippen LogP contribution >= 0.6 is 11.8 Å². The summed E-state index contributed by atoms with van der Waals surface area (Å²) >= 11 is 1.90. The van der Waals surface area contributed by atoms with Gasteiger partial charge in [0.1, 0.15) is 19.2 Å². The summed E-state index contributed by atoms with van der Waals surface area (Å²) in [7, 11) is -1.75. The maximum Gasteiger partial charge on any atom is 0.164 e. The van der Waals surface area contributed by atoms with E-state index in [1.807, 2.05) is 78.5 Å². The van der Waals surface area contributed by atoms with E-state index in [2.05, 4.69) is 85.9 Å². The number of aromatic nitrogens is 3. The van der Waals surface area contributed by atoms with Crippen molar-refractivity contribution in [2.75, 3.05) is 0 Å². The maximum absolute atomic E-state index is 6.42. The summed E-state index contributed by atoms with van der Waals surface area (Å²) in [6, 6.07) is 48.8. The first-order chi connectivity index (χ1) is 23.0. The van der Waals surface area contributed by atoms with Crippen LogP contribution in [0, 0.1) is 0 Å². The van der Waals surface area contributed by atoms with Gasteiger partial charge < -0.3 is 4.42 Å². The van der Waals surface area contributed by atoms with Crippen molar-refractivity contribution in [1.29, 1.82) is 0 Å². The van der Waals surface area contributed by atoms with Gasteiger partial charge in [0.05, 0.1) is 0 Å². The van der Waals surface area contributed by atoms with Gasteiger partial charge in [0.15, 0.2) is 17.5 Å². The average Bonchev–Trinajstić information content (AvgIpc) is 3.49. The summed E-state index contributed by atoms with van der Waals surface area (Å²) in [5, 5.41) is 5.21. The van der Waals surface area contributed by atoms with Gasteiger partial charge in [-0.25, -0.2) is 15.0 Å². The zero-order chi connectivity index (χ0) is 31.5. The molecule has 0 N–H and O–H groups in total. The molecule has 1 aliphatic rings. The number of hydrogen-bond acceptors (Lipinski definition) is 5. The molecule has 0 spiro atoms. The molecule has 0 atom stereocenters. The van der Waals surface area contributed by atoms with Crippen molar-refractivity contribution in [2.45, 2.75) is 22.9 Å². The number of furan rings is 1. The van der Waals surface area contributed by atoms with Gasteiger partial charge in [0.25, 0.3) is 0 Å².